The summed E-state index contributed by atoms with van der Waals surface area (Å²) >= 11 is 9.33. The number of benzene rings is 2. The first kappa shape index (κ1) is 16.7. The minimum Gasteiger partial charge on any atom is -0.321 e. The Morgan fingerprint density at radius 3 is 2.17 bits per heavy atom. The van der Waals surface area contributed by atoms with Crippen molar-refractivity contribution in [1.82, 2.24) is 4.98 Å². The Bertz CT molecular complexity index is 960. The van der Waals surface area contributed by atoms with Gasteiger partial charge in [-0.25, -0.2) is 0 Å². The van der Waals surface area contributed by atoms with Crippen molar-refractivity contribution in [2.45, 2.75) is 6.92 Å². The number of H-pyrrole nitrogens is 1. The van der Waals surface area contributed by atoms with Gasteiger partial charge < -0.3 is 4.98 Å². The second kappa shape index (κ2) is 6.75. The first-order chi connectivity index (χ1) is 11.5. The van der Waals surface area contributed by atoms with E-state index in [2.05, 4.69) is 20.9 Å². The number of aromatic nitrogens is 1. The summed E-state index contributed by atoms with van der Waals surface area (Å²) < 4.78 is 0.951. The second-order valence-corrected chi connectivity index (χ2v) is 6.72. The summed E-state index contributed by atoms with van der Waals surface area (Å²) in [5.41, 5.74) is 2.64. The van der Waals surface area contributed by atoms with Gasteiger partial charge in [0.2, 0.25) is 0 Å². The number of aromatic amines is 1. The fourth-order valence-corrected chi connectivity index (χ4v) is 2.94. The van der Waals surface area contributed by atoms with Gasteiger partial charge in [0.1, 0.15) is 0 Å². The van der Waals surface area contributed by atoms with Crippen LogP contribution in [0.15, 0.2) is 63.9 Å². The van der Waals surface area contributed by atoms with Crippen LogP contribution in [0.25, 0.3) is 22.4 Å². The SMILES string of the molecule is CC(=O)c1c(-c2ccc(Cl)cc2)cc(-c2ccc(Br)cc2)[nH]c1=O. The van der Waals surface area contributed by atoms with Crippen LogP contribution in [0.5, 0.6) is 0 Å². The number of nitrogens with one attached hydrogen (secondary N) is 1. The van der Waals surface area contributed by atoms with Gasteiger partial charge in [0.25, 0.3) is 5.56 Å². The first-order valence-electron chi connectivity index (χ1n) is 7.26. The van der Waals surface area contributed by atoms with E-state index in [-0.39, 0.29) is 11.3 Å². The maximum absolute atomic E-state index is 12.5. The molecule has 0 unspecified atom stereocenters. The Morgan fingerprint density at radius 1 is 1.00 bits per heavy atom. The van der Waals surface area contributed by atoms with Crippen LogP contribution in [-0.4, -0.2) is 10.8 Å². The predicted octanol–water partition coefficient (Wildman–Crippen LogP) is 5.33. The van der Waals surface area contributed by atoms with Gasteiger partial charge in [-0.05, 0) is 48.4 Å². The highest BCUT2D eigenvalue weighted by molar-refractivity contribution is 9.10. The molecule has 1 heterocycles. The highest BCUT2D eigenvalue weighted by Crippen LogP contribution is 2.28. The van der Waals surface area contributed by atoms with E-state index >= 15 is 0 Å². The molecule has 0 radical (unpaired) electrons. The van der Waals surface area contributed by atoms with E-state index in [4.69, 9.17) is 11.6 Å². The summed E-state index contributed by atoms with van der Waals surface area (Å²) in [7, 11) is 0. The standard InChI is InChI=1S/C19H13BrClNO2/c1-11(23)18-16(12-4-8-15(21)9-5-12)10-17(22-19(18)24)13-2-6-14(20)7-3-13/h2-10H,1H3,(H,22,24). The molecule has 1 N–H and O–H groups in total. The van der Waals surface area contributed by atoms with Gasteiger partial charge >= 0.3 is 0 Å². The Kier molecular flexibility index (Phi) is 4.69. The maximum Gasteiger partial charge on any atom is 0.259 e. The van der Waals surface area contributed by atoms with E-state index in [0.717, 1.165) is 15.6 Å². The number of carbonyl (C=O) groups is 1. The van der Waals surface area contributed by atoms with Crippen LogP contribution in [0.1, 0.15) is 17.3 Å². The summed E-state index contributed by atoms with van der Waals surface area (Å²) in [5.74, 6) is -0.274. The number of hydrogen-bond acceptors (Lipinski definition) is 2. The summed E-state index contributed by atoms with van der Waals surface area (Å²) in [5, 5.41) is 0.598. The van der Waals surface area contributed by atoms with Crippen LogP contribution < -0.4 is 5.56 Å². The molecule has 120 valence electrons. The van der Waals surface area contributed by atoms with Gasteiger partial charge in [0, 0.05) is 20.8 Å². The number of carbonyl (C=O) groups excluding carboxylic acids is 1. The van der Waals surface area contributed by atoms with Crippen molar-refractivity contribution in [1.29, 1.82) is 0 Å². The van der Waals surface area contributed by atoms with E-state index in [1.165, 1.54) is 6.92 Å². The molecule has 24 heavy (non-hydrogen) atoms. The molecule has 3 nitrogen and oxygen atoms in total. The lowest BCUT2D eigenvalue weighted by Gasteiger charge is -2.10. The zero-order valence-corrected chi connectivity index (χ0v) is 15.1. The molecule has 5 heteroatoms. The van der Waals surface area contributed by atoms with Gasteiger partial charge in [-0.1, -0.05) is 51.8 Å². The monoisotopic (exact) mass is 401 g/mol. The van der Waals surface area contributed by atoms with Gasteiger partial charge in [-0.15, -0.1) is 0 Å². The van der Waals surface area contributed by atoms with E-state index in [0.29, 0.717) is 16.3 Å². The van der Waals surface area contributed by atoms with E-state index in [1.807, 2.05) is 30.3 Å². The average molecular weight is 403 g/mol. The summed E-state index contributed by atoms with van der Waals surface area (Å²) in [6, 6.07) is 16.5. The van der Waals surface area contributed by atoms with Crippen molar-refractivity contribution in [3.05, 3.63) is 80.0 Å². The lowest BCUT2D eigenvalue weighted by Crippen LogP contribution is -2.18. The van der Waals surface area contributed by atoms with Gasteiger partial charge in [-0.2, -0.15) is 0 Å². The van der Waals surface area contributed by atoms with E-state index in [9.17, 15) is 9.59 Å². The lowest BCUT2D eigenvalue weighted by atomic mass is 9.97. The third-order valence-electron chi connectivity index (χ3n) is 3.70. The van der Waals surface area contributed by atoms with Crippen LogP contribution in [-0.2, 0) is 0 Å². The Balaban J connectivity index is 2.25. The molecule has 0 aliphatic carbocycles. The molecule has 0 amide bonds. The molecule has 0 aliphatic heterocycles. The van der Waals surface area contributed by atoms with Crippen molar-refractivity contribution in [2.75, 3.05) is 0 Å². The van der Waals surface area contributed by atoms with Crippen molar-refractivity contribution in [3.8, 4) is 22.4 Å². The topological polar surface area (TPSA) is 49.9 Å². The smallest absolute Gasteiger partial charge is 0.259 e. The molecule has 0 fully saturated rings. The normalized spacial score (nSPS) is 10.6. The number of pyridine rings is 1. The maximum atomic E-state index is 12.5. The number of rotatable bonds is 3. The number of hydrogen-bond donors (Lipinski definition) is 1. The molecular formula is C19H13BrClNO2. The second-order valence-electron chi connectivity index (χ2n) is 5.37. The quantitative estimate of drug-likeness (QED) is 0.602. The van der Waals surface area contributed by atoms with Crippen molar-refractivity contribution >= 4 is 33.3 Å². The molecule has 3 rings (SSSR count). The van der Waals surface area contributed by atoms with E-state index < -0.39 is 5.56 Å². The molecule has 3 aromatic rings. The van der Waals surface area contributed by atoms with Crippen LogP contribution >= 0.6 is 27.5 Å². The number of halogens is 2. The van der Waals surface area contributed by atoms with Crippen LogP contribution in [0.2, 0.25) is 5.02 Å². The summed E-state index contributed by atoms with van der Waals surface area (Å²) in [6.45, 7) is 1.39. The van der Waals surface area contributed by atoms with Gasteiger partial charge in [0.15, 0.2) is 5.78 Å². The van der Waals surface area contributed by atoms with Crippen molar-refractivity contribution in [2.24, 2.45) is 0 Å². The Morgan fingerprint density at radius 2 is 1.58 bits per heavy atom. The van der Waals surface area contributed by atoms with Crippen LogP contribution in [0.4, 0.5) is 0 Å². The predicted molar refractivity (Wildman–Crippen MR) is 101 cm³/mol. The zero-order valence-electron chi connectivity index (χ0n) is 12.8. The molecule has 0 aliphatic rings. The van der Waals surface area contributed by atoms with Gasteiger partial charge in [-0.3, -0.25) is 9.59 Å². The fraction of sp³-hybridized carbons (Fsp3) is 0.0526. The highest BCUT2D eigenvalue weighted by atomic mass is 79.9. The Hall–Kier alpha value is -2.17. The minimum absolute atomic E-state index is 0.151. The molecule has 0 spiro atoms. The molecule has 1 aromatic heterocycles. The van der Waals surface area contributed by atoms with Crippen LogP contribution in [0, 0.1) is 0 Å². The molecule has 0 saturated heterocycles. The third kappa shape index (κ3) is 3.35. The summed E-state index contributed by atoms with van der Waals surface area (Å²) in [4.78, 5) is 27.2. The molecular weight excluding hydrogens is 390 g/mol. The van der Waals surface area contributed by atoms with Crippen molar-refractivity contribution in [3.63, 3.8) is 0 Å². The molecule has 2 aromatic carbocycles. The molecule has 0 saturated carbocycles. The van der Waals surface area contributed by atoms with Crippen molar-refractivity contribution < 1.29 is 4.79 Å². The lowest BCUT2D eigenvalue weighted by molar-refractivity contribution is 0.101. The minimum atomic E-state index is -0.395. The third-order valence-corrected chi connectivity index (χ3v) is 4.48. The molecule has 0 bridgehead atoms. The first-order valence-corrected chi connectivity index (χ1v) is 8.43. The highest BCUT2D eigenvalue weighted by Gasteiger charge is 2.16. The summed E-state index contributed by atoms with van der Waals surface area (Å²) in [6.07, 6.45) is 0. The largest absolute Gasteiger partial charge is 0.321 e. The fourth-order valence-electron chi connectivity index (χ4n) is 2.55. The Labute approximate surface area is 152 Å². The number of ketones is 1. The molecule has 0 atom stereocenters. The van der Waals surface area contributed by atoms with Crippen LogP contribution in [0.3, 0.4) is 0 Å². The average Bonchev–Trinajstić information content (AvgIpc) is 2.55. The van der Waals surface area contributed by atoms with E-state index in [1.54, 1.807) is 24.3 Å². The zero-order chi connectivity index (χ0) is 17.3. The number of Topliss-reactive ketones (excluding diaryl/α,β-unsaturated/α-hetero) is 1. The van der Waals surface area contributed by atoms with Gasteiger partial charge in [0.05, 0.1) is 5.56 Å².